The van der Waals surface area contributed by atoms with Crippen LogP contribution in [0, 0.1) is 5.41 Å². The maximum Gasteiger partial charge on any atom is 0.211 e. The zero-order valence-corrected chi connectivity index (χ0v) is 12.3. The highest BCUT2D eigenvalue weighted by Gasteiger charge is 2.16. The fraction of sp³-hybridized carbons (Fsp3) is 0.909. The molecule has 0 aliphatic carbocycles. The number of unbranched alkanes of at least 4 members (excludes halogenated alkanes) is 1. The highest BCUT2D eigenvalue weighted by Crippen LogP contribution is 2.18. The van der Waals surface area contributed by atoms with Crippen molar-refractivity contribution in [3.8, 4) is 0 Å². The fourth-order valence-electron chi connectivity index (χ4n) is 1.22. The van der Waals surface area contributed by atoms with Crippen LogP contribution in [0.3, 0.4) is 0 Å². The normalized spacial score (nSPS) is 13.8. The summed E-state index contributed by atoms with van der Waals surface area (Å²) < 4.78 is 25.8. The molecule has 0 aromatic carbocycles. The van der Waals surface area contributed by atoms with Gasteiger partial charge in [0.05, 0.1) is 5.75 Å². The zero-order valence-electron chi connectivity index (χ0n) is 11.4. The predicted molar refractivity (Wildman–Crippen MR) is 73.1 cm³/mol. The molecule has 0 aliphatic heterocycles. The molecular weight excluding hydrogens is 254 g/mol. The Morgan fingerprint density at radius 3 is 2.44 bits per heavy atom. The summed E-state index contributed by atoms with van der Waals surface area (Å²) in [5, 5.41) is 11.2. The number of rotatable bonds is 8. The minimum Gasteiger partial charge on any atom is -0.409 e. The van der Waals surface area contributed by atoms with E-state index in [1.165, 1.54) is 0 Å². The second-order valence-electron chi connectivity index (χ2n) is 5.57. The van der Waals surface area contributed by atoms with Gasteiger partial charge < -0.3 is 10.9 Å². The molecule has 0 bridgehead atoms. The number of nitrogens with zero attached hydrogens (tertiary/aromatic N) is 1. The van der Waals surface area contributed by atoms with E-state index in [9.17, 15) is 8.42 Å². The molecule has 0 unspecified atom stereocenters. The number of oxime groups is 1. The second-order valence-corrected chi connectivity index (χ2v) is 7.50. The average molecular weight is 279 g/mol. The summed E-state index contributed by atoms with van der Waals surface area (Å²) in [6.07, 6.45) is 2.47. The van der Waals surface area contributed by atoms with Gasteiger partial charge in [0.15, 0.2) is 0 Å². The van der Waals surface area contributed by atoms with Gasteiger partial charge in [-0.2, -0.15) is 0 Å². The summed E-state index contributed by atoms with van der Waals surface area (Å²) in [7, 11) is -3.18. The van der Waals surface area contributed by atoms with Crippen molar-refractivity contribution >= 4 is 15.9 Å². The Labute approximate surface area is 110 Å². The van der Waals surface area contributed by atoms with Crippen LogP contribution in [-0.2, 0) is 10.0 Å². The minimum atomic E-state index is -3.18. The molecule has 4 N–H and O–H groups in total. The van der Waals surface area contributed by atoms with E-state index in [1.54, 1.807) is 0 Å². The molecule has 0 spiro atoms. The summed E-state index contributed by atoms with van der Waals surface area (Å²) in [4.78, 5) is 0. The smallest absolute Gasteiger partial charge is 0.211 e. The van der Waals surface area contributed by atoms with Gasteiger partial charge in [-0.05, 0) is 24.7 Å². The van der Waals surface area contributed by atoms with E-state index in [0.29, 0.717) is 32.2 Å². The third-order valence-corrected chi connectivity index (χ3v) is 3.82. The first-order valence-corrected chi connectivity index (χ1v) is 7.75. The quantitative estimate of drug-likeness (QED) is 0.204. The number of hydrogen-bond donors (Lipinski definition) is 3. The molecule has 0 aromatic heterocycles. The van der Waals surface area contributed by atoms with Crippen molar-refractivity contribution < 1.29 is 13.6 Å². The second kappa shape index (κ2) is 7.58. The van der Waals surface area contributed by atoms with Crippen LogP contribution in [0.1, 0.15) is 46.5 Å². The lowest BCUT2D eigenvalue weighted by Crippen LogP contribution is -2.29. The molecule has 7 heteroatoms. The van der Waals surface area contributed by atoms with E-state index in [-0.39, 0.29) is 17.0 Å². The molecular formula is C11H25N3O3S. The van der Waals surface area contributed by atoms with Gasteiger partial charge >= 0.3 is 0 Å². The molecule has 0 amide bonds. The molecule has 18 heavy (non-hydrogen) atoms. The molecule has 0 atom stereocenters. The van der Waals surface area contributed by atoms with Crippen LogP contribution >= 0.6 is 0 Å². The Kier molecular flexibility index (Phi) is 7.23. The lowest BCUT2D eigenvalue weighted by Gasteiger charge is -2.17. The number of sulfonamides is 1. The van der Waals surface area contributed by atoms with Gasteiger partial charge in [-0.3, -0.25) is 0 Å². The van der Waals surface area contributed by atoms with Gasteiger partial charge in [0.1, 0.15) is 5.84 Å². The Bertz CT molecular complexity index is 358. The molecule has 0 rings (SSSR count). The largest absolute Gasteiger partial charge is 0.409 e. The van der Waals surface area contributed by atoms with Crippen LogP contribution in [0.2, 0.25) is 0 Å². The van der Waals surface area contributed by atoms with E-state index >= 15 is 0 Å². The maximum absolute atomic E-state index is 11.6. The summed E-state index contributed by atoms with van der Waals surface area (Å²) in [5.74, 6) is 0.321. The van der Waals surface area contributed by atoms with Crippen molar-refractivity contribution in [1.82, 2.24) is 4.72 Å². The van der Waals surface area contributed by atoms with Crippen LogP contribution in [0.4, 0.5) is 0 Å². The maximum atomic E-state index is 11.6. The van der Waals surface area contributed by atoms with Crippen molar-refractivity contribution in [2.24, 2.45) is 16.3 Å². The summed E-state index contributed by atoms with van der Waals surface area (Å²) >= 11 is 0. The lowest BCUT2D eigenvalue weighted by molar-refractivity contribution is 0.316. The Hall–Kier alpha value is -0.820. The highest BCUT2D eigenvalue weighted by atomic mass is 32.2. The number of hydrogen-bond acceptors (Lipinski definition) is 4. The third kappa shape index (κ3) is 10.3. The topological polar surface area (TPSA) is 105 Å². The first-order chi connectivity index (χ1) is 8.16. The van der Waals surface area contributed by atoms with Gasteiger partial charge in [-0.15, -0.1) is 0 Å². The molecule has 0 radical (unpaired) electrons. The van der Waals surface area contributed by atoms with E-state index in [1.807, 2.05) is 20.8 Å². The predicted octanol–water partition coefficient (Wildman–Crippen LogP) is 1.26. The highest BCUT2D eigenvalue weighted by molar-refractivity contribution is 7.89. The van der Waals surface area contributed by atoms with E-state index < -0.39 is 10.0 Å². The van der Waals surface area contributed by atoms with Crippen LogP contribution in [-0.4, -0.2) is 31.8 Å². The fourth-order valence-corrected chi connectivity index (χ4v) is 2.70. The van der Waals surface area contributed by atoms with Crippen molar-refractivity contribution in [3.63, 3.8) is 0 Å². The third-order valence-electron chi connectivity index (χ3n) is 2.43. The van der Waals surface area contributed by atoms with Gasteiger partial charge in [0, 0.05) is 13.0 Å². The number of amidine groups is 1. The van der Waals surface area contributed by atoms with E-state index in [4.69, 9.17) is 10.9 Å². The number of nitrogens with one attached hydrogen (secondary N) is 1. The van der Waals surface area contributed by atoms with Crippen LogP contribution in [0.25, 0.3) is 0 Å². The van der Waals surface area contributed by atoms with E-state index in [0.717, 1.165) is 0 Å². The van der Waals surface area contributed by atoms with Gasteiger partial charge in [-0.25, -0.2) is 13.1 Å². The van der Waals surface area contributed by atoms with Crippen molar-refractivity contribution in [1.29, 1.82) is 0 Å². The molecule has 0 heterocycles. The Balaban J connectivity index is 3.78. The molecule has 0 saturated heterocycles. The van der Waals surface area contributed by atoms with Crippen molar-refractivity contribution in [3.05, 3.63) is 0 Å². The Morgan fingerprint density at radius 2 is 1.94 bits per heavy atom. The monoisotopic (exact) mass is 279 g/mol. The standard InChI is InChI=1S/C11H25N3O3S/c1-11(2,3)7-9-18(16,17)13-8-5-4-6-10(12)14-15/h13,15H,4-9H2,1-3H3,(H2,12,14). The van der Waals surface area contributed by atoms with Gasteiger partial charge in [0.25, 0.3) is 0 Å². The molecule has 6 nitrogen and oxygen atoms in total. The first kappa shape index (κ1) is 17.2. The van der Waals surface area contributed by atoms with E-state index in [2.05, 4.69) is 9.88 Å². The van der Waals surface area contributed by atoms with Crippen molar-refractivity contribution in [2.45, 2.75) is 46.5 Å². The molecule has 0 aliphatic rings. The van der Waals surface area contributed by atoms with Crippen LogP contribution in [0.5, 0.6) is 0 Å². The summed E-state index contributed by atoms with van der Waals surface area (Å²) in [6.45, 7) is 6.43. The Morgan fingerprint density at radius 1 is 1.33 bits per heavy atom. The van der Waals surface area contributed by atoms with Gasteiger partial charge in [0.2, 0.25) is 10.0 Å². The zero-order chi connectivity index (χ0) is 14.2. The SMILES string of the molecule is CC(C)(C)CCS(=O)(=O)NCCCCC(N)=NO. The molecule has 0 aromatic rings. The van der Waals surface area contributed by atoms with Crippen LogP contribution < -0.4 is 10.5 Å². The van der Waals surface area contributed by atoms with Crippen LogP contribution in [0.15, 0.2) is 5.16 Å². The summed E-state index contributed by atoms with van der Waals surface area (Å²) in [5.41, 5.74) is 5.31. The average Bonchev–Trinajstić information content (AvgIpc) is 2.25. The molecule has 0 fully saturated rings. The van der Waals surface area contributed by atoms with Crippen molar-refractivity contribution in [2.75, 3.05) is 12.3 Å². The molecule has 0 saturated carbocycles. The summed E-state index contributed by atoms with van der Waals surface area (Å²) in [6, 6.07) is 0. The first-order valence-electron chi connectivity index (χ1n) is 6.10. The number of nitrogens with two attached hydrogens (primary N) is 1. The molecule has 108 valence electrons. The minimum absolute atomic E-state index is 0.0147. The van der Waals surface area contributed by atoms with Gasteiger partial charge in [-0.1, -0.05) is 25.9 Å². The lowest BCUT2D eigenvalue weighted by atomic mass is 9.94.